The molecule has 0 aliphatic rings. The lowest BCUT2D eigenvalue weighted by atomic mass is 10.2. The molecule has 3 aromatic heterocycles. The summed E-state index contributed by atoms with van der Waals surface area (Å²) < 4.78 is 12.1. The highest BCUT2D eigenvalue weighted by atomic mass is 32.2. The molecule has 0 unspecified atom stereocenters. The van der Waals surface area contributed by atoms with Crippen LogP contribution in [-0.4, -0.2) is 44.0 Å². The van der Waals surface area contributed by atoms with E-state index in [1.54, 1.807) is 24.6 Å². The standard InChI is InChI=1S/C19H21N5O4S2/c1-4-7-24-17(14-6-8-28-12(14)3)22-23-19(24)30-11-15(25)21-18-20-13(10-29-18)9-16(26)27-5-2/h4,6,8,10H,1,5,7,9,11H2,2-3H3,(H,20,21,25). The predicted octanol–water partition coefficient (Wildman–Crippen LogP) is 3.33. The minimum absolute atomic E-state index is 0.0792. The lowest BCUT2D eigenvalue weighted by molar-refractivity contribution is -0.142. The second kappa shape index (κ2) is 10.2. The number of hydrogen-bond donors (Lipinski definition) is 1. The summed E-state index contributed by atoms with van der Waals surface area (Å²) in [6.45, 7) is 8.20. The van der Waals surface area contributed by atoms with Crippen LogP contribution < -0.4 is 5.32 Å². The molecular weight excluding hydrogens is 426 g/mol. The van der Waals surface area contributed by atoms with E-state index in [-0.39, 0.29) is 24.1 Å². The first-order valence-electron chi connectivity index (χ1n) is 9.13. The molecule has 3 heterocycles. The van der Waals surface area contributed by atoms with Gasteiger partial charge >= 0.3 is 5.97 Å². The molecule has 0 aliphatic heterocycles. The number of allylic oxidation sites excluding steroid dienone is 1. The normalized spacial score (nSPS) is 10.7. The van der Waals surface area contributed by atoms with Gasteiger partial charge in [0.05, 0.1) is 36.3 Å². The van der Waals surface area contributed by atoms with E-state index in [1.807, 2.05) is 17.6 Å². The molecule has 158 valence electrons. The Morgan fingerprint density at radius 1 is 1.43 bits per heavy atom. The van der Waals surface area contributed by atoms with E-state index >= 15 is 0 Å². The van der Waals surface area contributed by atoms with Crippen LogP contribution >= 0.6 is 23.1 Å². The van der Waals surface area contributed by atoms with Crippen molar-refractivity contribution < 1.29 is 18.7 Å². The molecule has 0 spiro atoms. The number of rotatable bonds is 10. The van der Waals surface area contributed by atoms with Crippen LogP contribution in [0, 0.1) is 6.92 Å². The van der Waals surface area contributed by atoms with Crippen molar-refractivity contribution >= 4 is 40.1 Å². The zero-order chi connectivity index (χ0) is 21.5. The van der Waals surface area contributed by atoms with Gasteiger partial charge in [-0.2, -0.15) is 0 Å². The summed E-state index contributed by atoms with van der Waals surface area (Å²) in [6, 6.07) is 1.83. The van der Waals surface area contributed by atoms with Gasteiger partial charge in [0.1, 0.15) is 5.76 Å². The number of ether oxygens (including phenoxy) is 1. The number of carbonyl (C=O) groups excluding carboxylic acids is 2. The molecule has 0 saturated heterocycles. The van der Waals surface area contributed by atoms with Gasteiger partial charge in [0.15, 0.2) is 16.1 Å². The Morgan fingerprint density at radius 3 is 2.97 bits per heavy atom. The fraction of sp³-hybridized carbons (Fsp3) is 0.316. The number of amides is 1. The van der Waals surface area contributed by atoms with Crippen LogP contribution in [0.1, 0.15) is 18.4 Å². The van der Waals surface area contributed by atoms with E-state index in [4.69, 9.17) is 9.15 Å². The summed E-state index contributed by atoms with van der Waals surface area (Å²) in [7, 11) is 0. The van der Waals surface area contributed by atoms with E-state index in [1.165, 1.54) is 23.1 Å². The first kappa shape index (κ1) is 21.8. The number of esters is 1. The minimum Gasteiger partial charge on any atom is -0.469 e. The number of thioether (sulfide) groups is 1. The number of hydrogen-bond acceptors (Lipinski definition) is 9. The number of carbonyl (C=O) groups is 2. The highest BCUT2D eigenvalue weighted by Gasteiger charge is 2.18. The molecule has 1 N–H and O–H groups in total. The zero-order valence-electron chi connectivity index (χ0n) is 16.6. The number of anilines is 1. The number of nitrogens with one attached hydrogen (secondary N) is 1. The van der Waals surface area contributed by atoms with Crippen molar-refractivity contribution in [3.63, 3.8) is 0 Å². The Labute approximate surface area is 181 Å². The van der Waals surface area contributed by atoms with E-state index in [0.717, 1.165) is 11.3 Å². The summed E-state index contributed by atoms with van der Waals surface area (Å²) in [5, 5.41) is 13.9. The van der Waals surface area contributed by atoms with Crippen LogP contribution in [0.5, 0.6) is 0 Å². The van der Waals surface area contributed by atoms with Crippen LogP contribution in [0.4, 0.5) is 5.13 Å². The van der Waals surface area contributed by atoms with Crippen LogP contribution in [0.15, 0.2) is 39.9 Å². The van der Waals surface area contributed by atoms with Crippen molar-refractivity contribution in [2.24, 2.45) is 0 Å². The third kappa shape index (κ3) is 5.36. The molecule has 11 heteroatoms. The van der Waals surface area contributed by atoms with Gasteiger partial charge in [0.2, 0.25) is 5.91 Å². The first-order chi connectivity index (χ1) is 14.5. The van der Waals surface area contributed by atoms with Crippen molar-refractivity contribution in [1.29, 1.82) is 0 Å². The molecule has 0 aliphatic carbocycles. The second-order valence-electron chi connectivity index (χ2n) is 6.06. The van der Waals surface area contributed by atoms with E-state index < -0.39 is 0 Å². The van der Waals surface area contributed by atoms with Gasteiger partial charge in [-0.3, -0.25) is 14.2 Å². The molecule has 0 atom stereocenters. The average molecular weight is 448 g/mol. The van der Waals surface area contributed by atoms with E-state index in [9.17, 15) is 9.59 Å². The van der Waals surface area contributed by atoms with Gasteiger partial charge in [-0.25, -0.2) is 4.98 Å². The smallest absolute Gasteiger partial charge is 0.311 e. The molecule has 0 saturated carbocycles. The number of aryl methyl sites for hydroxylation is 1. The van der Waals surface area contributed by atoms with Gasteiger partial charge in [0.25, 0.3) is 0 Å². The number of furan rings is 1. The highest BCUT2D eigenvalue weighted by Crippen LogP contribution is 2.27. The van der Waals surface area contributed by atoms with Crippen molar-refractivity contribution in [1.82, 2.24) is 19.7 Å². The van der Waals surface area contributed by atoms with Gasteiger partial charge in [-0.1, -0.05) is 17.8 Å². The van der Waals surface area contributed by atoms with Crippen molar-refractivity contribution in [2.45, 2.75) is 32.0 Å². The Hall–Kier alpha value is -2.92. The zero-order valence-corrected chi connectivity index (χ0v) is 18.2. The van der Waals surface area contributed by atoms with Crippen LogP contribution in [0.25, 0.3) is 11.4 Å². The lowest BCUT2D eigenvalue weighted by Gasteiger charge is -2.07. The fourth-order valence-corrected chi connectivity index (χ4v) is 4.07. The molecule has 30 heavy (non-hydrogen) atoms. The molecule has 9 nitrogen and oxygen atoms in total. The van der Waals surface area contributed by atoms with E-state index in [0.29, 0.717) is 35.0 Å². The lowest BCUT2D eigenvalue weighted by Crippen LogP contribution is -2.15. The maximum atomic E-state index is 12.3. The molecule has 0 fully saturated rings. The molecular formula is C19H21N5O4S2. The van der Waals surface area contributed by atoms with Gasteiger partial charge in [0, 0.05) is 11.9 Å². The summed E-state index contributed by atoms with van der Waals surface area (Å²) in [5.74, 6) is 0.955. The summed E-state index contributed by atoms with van der Waals surface area (Å²) in [6.07, 6.45) is 3.42. The third-order valence-electron chi connectivity index (χ3n) is 3.89. The highest BCUT2D eigenvalue weighted by molar-refractivity contribution is 7.99. The third-order valence-corrected chi connectivity index (χ3v) is 5.66. The topological polar surface area (TPSA) is 112 Å². The SMILES string of the molecule is C=CCn1c(SCC(=O)Nc2nc(CC(=O)OCC)cs2)nnc1-c1ccoc1C. The number of nitrogens with zero attached hydrogens (tertiary/aromatic N) is 4. The van der Waals surface area contributed by atoms with Crippen molar-refractivity contribution in [3.8, 4) is 11.4 Å². The maximum absolute atomic E-state index is 12.3. The number of aromatic nitrogens is 4. The maximum Gasteiger partial charge on any atom is 0.311 e. The molecule has 3 rings (SSSR count). The Kier molecular flexibility index (Phi) is 7.41. The minimum atomic E-state index is -0.346. The summed E-state index contributed by atoms with van der Waals surface area (Å²) in [4.78, 5) is 28.1. The van der Waals surface area contributed by atoms with Crippen LogP contribution in [0.2, 0.25) is 0 Å². The largest absolute Gasteiger partial charge is 0.469 e. The fourth-order valence-electron chi connectivity index (χ4n) is 2.60. The van der Waals surface area contributed by atoms with Crippen LogP contribution in [0.3, 0.4) is 0 Å². The monoisotopic (exact) mass is 447 g/mol. The van der Waals surface area contributed by atoms with Crippen LogP contribution in [-0.2, 0) is 27.3 Å². The number of thiazole rings is 1. The summed E-state index contributed by atoms with van der Waals surface area (Å²) >= 11 is 2.52. The van der Waals surface area contributed by atoms with Gasteiger partial charge < -0.3 is 14.5 Å². The van der Waals surface area contributed by atoms with Crippen molar-refractivity contribution in [2.75, 3.05) is 17.7 Å². The molecule has 0 aromatic carbocycles. The molecule has 0 bridgehead atoms. The van der Waals surface area contributed by atoms with E-state index in [2.05, 4.69) is 27.1 Å². The Bertz CT molecular complexity index is 1040. The van der Waals surface area contributed by atoms with Crippen molar-refractivity contribution in [3.05, 3.63) is 41.8 Å². The Balaban J connectivity index is 1.60. The quantitative estimate of drug-likeness (QED) is 0.286. The predicted molar refractivity (Wildman–Crippen MR) is 114 cm³/mol. The van der Waals surface area contributed by atoms with Gasteiger partial charge in [-0.15, -0.1) is 28.1 Å². The average Bonchev–Trinajstić information content (AvgIpc) is 3.41. The molecule has 1 amide bonds. The summed E-state index contributed by atoms with van der Waals surface area (Å²) in [5.41, 5.74) is 1.41. The molecule has 0 radical (unpaired) electrons. The van der Waals surface area contributed by atoms with Gasteiger partial charge in [-0.05, 0) is 19.9 Å². The second-order valence-corrected chi connectivity index (χ2v) is 7.86. The first-order valence-corrected chi connectivity index (χ1v) is 11.0. The Morgan fingerprint density at radius 2 is 2.27 bits per heavy atom. The molecule has 3 aromatic rings.